The van der Waals surface area contributed by atoms with E-state index in [2.05, 4.69) is 5.32 Å². The molecule has 0 aliphatic rings. The van der Waals surface area contributed by atoms with Crippen molar-refractivity contribution in [3.8, 4) is 11.5 Å². The van der Waals surface area contributed by atoms with Crippen molar-refractivity contribution in [3.63, 3.8) is 0 Å². The predicted octanol–water partition coefficient (Wildman–Crippen LogP) is 6.91. The van der Waals surface area contributed by atoms with Crippen LogP contribution in [-0.2, 0) is 0 Å². The van der Waals surface area contributed by atoms with Gasteiger partial charge in [0.2, 0.25) is 0 Å². The number of ether oxygens (including phenoxy) is 1. The molecule has 0 radical (unpaired) electrons. The first-order valence-electron chi connectivity index (χ1n) is 10.1. The van der Waals surface area contributed by atoms with E-state index in [1.807, 2.05) is 26.1 Å². The van der Waals surface area contributed by atoms with Crippen LogP contribution < -0.4 is 15.4 Å². The highest BCUT2D eigenvalue weighted by molar-refractivity contribution is 6.30. The monoisotopic (exact) mass is 472 g/mol. The first-order chi connectivity index (χ1) is 15.5. The largest absolute Gasteiger partial charge is 0.457 e. The molecule has 3 aromatic carbocycles. The number of carbonyl (C=O) groups is 2. The second-order valence-corrected chi connectivity index (χ2v) is 8.16. The van der Waals surface area contributed by atoms with Crippen LogP contribution in [0.4, 0.5) is 19.3 Å². The van der Waals surface area contributed by atoms with Gasteiger partial charge in [-0.2, -0.15) is 0 Å². The number of amides is 3. The summed E-state index contributed by atoms with van der Waals surface area (Å²) < 4.78 is 33.8. The van der Waals surface area contributed by atoms with E-state index >= 15 is 0 Å². The Morgan fingerprint density at radius 3 is 2.00 bits per heavy atom. The number of hydrogen-bond donors (Lipinski definition) is 2. The van der Waals surface area contributed by atoms with Gasteiger partial charge in [-0.15, -0.1) is 0 Å². The van der Waals surface area contributed by atoms with Gasteiger partial charge in [0.1, 0.15) is 28.7 Å². The number of halogens is 3. The SMILES string of the molecule is Cc1cc(Cl)ccc1Oc1c(C)c(C)c(NC(=O)NC(=O)c2c(F)cccc2F)c(C)c1C. The summed E-state index contributed by atoms with van der Waals surface area (Å²) in [6.45, 7) is 9.20. The van der Waals surface area contributed by atoms with Crippen molar-refractivity contribution in [1.82, 2.24) is 5.32 Å². The van der Waals surface area contributed by atoms with Crippen LogP contribution in [0.2, 0.25) is 5.02 Å². The Bertz CT molecular complexity index is 1230. The zero-order valence-corrected chi connectivity index (χ0v) is 19.6. The van der Waals surface area contributed by atoms with Crippen molar-refractivity contribution >= 4 is 29.2 Å². The molecule has 0 aliphatic heterocycles. The van der Waals surface area contributed by atoms with Crippen LogP contribution in [0.3, 0.4) is 0 Å². The van der Waals surface area contributed by atoms with Gasteiger partial charge in [-0.25, -0.2) is 13.6 Å². The van der Waals surface area contributed by atoms with Crippen LogP contribution in [0.5, 0.6) is 11.5 Å². The van der Waals surface area contributed by atoms with E-state index in [-0.39, 0.29) is 0 Å². The van der Waals surface area contributed by atoms with Gasteiger partial charge < -0.3 is 10.1 Å². The highest BCUT2D eigenvalue weighted by Gasteiger charge is 2.22. The maximum absolute atomic E-state index is 13.8. The first kappa shape index (κ1) is 24.2. The Labute approximate surface area is 195 Å². The van der Waals surface area contributed by atoms with Crippen molar-refractivity contribution in [1.29, 1.82) is 0 Å². The van der Waals surface area contributed by atoms with E-state index in [0.717, 1.165) is 46.0 Å². The summed E-state index contributed by atoms with van der Waals surface area (Å²) >= 11 is 6.03. The Balaban J connectivity index is 1.87. The van der Waals surface area contributed by atoms with Crippen LogP contribution >= 0.6 is 11.6 Å². The van der Waals surface area contributed by atoms with E-state index in [4.69, 9.17) is 16.3 Å². The lowest BCUT2D eigenvalue weighted by atomic mass is 9.97. The molecule has 0 atom stereocenters. The smallest absolute Gasteiger partial charge is 0.326 e. The van der Waals surface area contributed by atoms with Gasteiger partial charge in [-0.05, 0) is 92.8 Å². The predicted molar refractivity (Wildman–Crippen MR) is 124 cm³/mol. The minimum atomic E-state index is -1.18. The highest BCUT2D eigenvalue weighted by Crippen LogP contribution is 2.39. The number of carbonyl (C=O) groups excluding carboxylic acids is 2. The van der Waals surface area contributed by atoms with E-state index in [9.17, 15) is 18.4 Å². The van der Waals surface area contributed by atoms with Gasteiger partial charge in [0.15, 0.2) is 0 Å². The van der Waals surface area contributed by atoms with Crippen LogP contribution in [0.25, 0.3) is 0 Å². The maximum Gasteiger partial charge on any atom is 0.326 e. The summed E-state index contributed by atoms with van der Waals surface area (Å²) in [5.41, 5.74) is 3.54. The van der Waals surface area contributed by atoms with Crippen molar-refractivity contribution < 1.29 is 23.1 Å². The second kappa shape index (κ2) is 9.58. The van der Waals surface area contributed by atoms with Crippen molar-refractivity contribution in [2.75, 3.05) is 5.32 Å². The minimum Gasteiger partial charge on any atom is -0.457 e. The lowest BCUT2D eigenvalue weighted by Gasteiger charge is -2.21. The molecular weight excluding hydrogens is 450 g/mol. The maximum atomic E-state index is 13.8. The average Bonchev–Trinajstić information content (AvgIpc) is 2.74. The molecule has 0 saturated carbocycles. The number of anilines is 1. The number of rotatable bonds is 4. The number of aryl methyl sites for hydroxylation is 1. The average molecular weight is 473 g/mol. The molecule has 5 nitrogen and oxygen atoms in total. The van der Waals surface area contributed by atoms with Crippen molar-refractivity contribution in [2.24, 2.45) is 0 Å². The van der Waals surface area contributed by atoms with E-state index in [1.165, 1.54) is 0 Å². The number of nitrogens with one attached hydrogen (secondary N) is 2. The number of urea groups is 1. The first-order valence-corrected chi connectivity index (χ1v) is 10.5. The molecule has 172 valence electrons. The number of imide groups is 1. The molecule has 0 fully saturated rings. The minimum absolute atomic E-state index is 0.476. The molecule has 0 aliphatic carbocycles. The van der Waals surface area contributed by atoms with E-state index in [0.29, 0.717) is 22.2 Å². The standard InChI is InChI=1S/C25H23ClF2N2O3/c1-12-11-17(26)9-10-20(12)33-23-15(4)13(2)22(14(3)16(23)5)29-25(32)30-24(31)21-18(27)7-6-8-19(21)28/h6-11H,1-5H3,(H2,29,30,31,32). The Kier molecular flexibility index (Phi) is 7.03. The summed E-state index contributed by atoms with van der Waals surface area (Å²) in [6, 6.07) is 7.44. The molecule has 3 rings (SSSR count). The second-order valence-electron chi connectivity index (χ2n) is 7.72. The van der Waals surface area contributed by atoms with E-state index < -0.39 is 29.1 Å². The molecule has 2 N–H and O–H groups in total. The molecule has 0 saturated heterocycles. The number of hydrogen-bond acceptors (Lipinski definition) is 3. The van der Waals surface area contributed by atoms with Crippen molar-refractivity contribution in [2.45, 2.75) is 34.6 Å². The molecule has 3 aromatic rings. The zero-order chi connectivity index (χ0) is 24.4. The molecule has 0 bridgehead atoms. The van der Waals surface area contributed by atoms with Gasteiger partial charge in [0.05, 0.1) is 0 Å². The third kappa shape index (κ3) is 4.98. The normalized spacial score (nSPS) is 10.7. The summed E-state index contributed by atoms with van der Waals surface area (Å²) in [7, 11) is 0. The molecule has 0 aromatic heterocycles. The Hall–Kier alpha value is -3.45. The third-order valence-corrected chi connectivity index (χ3v) is 5.80. The van der Waals surface area contributed by atoms with Crippen LogP contribution in [-0.4, -0.2) is 11.9 Å². The van der Waals surface area contributed by atoms with Gasteiger partial charge in [-0.1, -0.05) is 17.7 Å². The number of benzene rings is 3. The van der Waals surface area contributed by atoms with E-state index in [1.54, 1.807) is 32.0 Å². The quantitative estimate of drug-likeness (QED) is 0.433. The van der Waals surface area contributed by atoms with Crippen LogP contribution in [0.1, 0.15) is 38.2 Å². The van der Waals surface area contributed by atoms with Gasteiger partial charge >= 0.3 is 6.03 Å². The summed E-state index contributed by atoms with van der Waals surface area (Å²) in [6.07, 6.45) is 0. The molecule has 0 spiro atoms. The third-order valence-electron chi connectivity index (χ3n) is 5.56. The zero-order valence-electron chi connectivity index (χ0n) is 18.8. The fraction of sp³-hybridized carbons (Fsp3) is 0.200. The van der Waals surface area contributed by atoms with Crippen LogP contribution in [0.15, 0.2) is 36.4 Å². The fourth-order valence-corrected chi connectivity index (χ4v) is 3.71. The fourth-order valence-electron chi connectivity index (χ4n) is 3.48. The lowest BCUT2D eigenvalue weighted by Crippen LogP contribution is -2.35. The molecule has 0 unspecified atom stereocenters. The Morgan fingerprint density at radius 1 is 0.879 bits per heavy atom. The Morgan fingerprint density at radius 2 is 1.45 bits per heavy atom. The highest BCUT2D eigenvalue weighted by atomic mass is 35.5. The summed E-state index contributed by atoms with van der Waals surface area (Å²) in [5, 5.41) is 5.20. The lowest BCUT2D eigenvalue weighted by molar-refractivity contribution is 0.0959. The van der Waals surface area contributed by atoms with Gasteiger partial charge in [0.25, 0.3) is 5.91 Å². The molecule has 0 heterocycles. The van der Waals surface area contributed by atoms with Gasteiger partial charge in [0, 0.05) is 10.7 Å². The summed E-state index contributed by atoms with van der Waals surface area (Å²) in [5.74, 6) is -1.99. The topological polar surface area (TPSA) is 67.4 Å². The van der Waals surface area contributed by atoms with Gasteiger partial charge in [-0.3, -0.25) is 10.1 Å². The van der Waals surface area contributed by atoms with Crippen LogP contribution in [0, 0.1) is 46.3 Å². The van der Waals surface area contributed by atoms with Crippen molar-refractivity contribution in [3.05, 3.63) is 86.4 Å². The molecule has 8 heteroatoms. The molecular formula is C25H23ClF2N2O3. The summed E-state index contributed by atoms with van der Waals surface area (Å²) in [4.78, 5) is 24.7. The molecule has 3 amide bonds. The molecule has 33 heavy (non-hydrogen) atoms.